The lowest BCUT2D eigenvalue weighted by molar-refractivity contribution is -0.402. The van der Waals surface area contributed by atoms with E-state index in [-0.39, 0.29) is 0 Å². The van der Waals surface area contributed by atoms with Crippen LogP contribution in [0.25, 0.3) is 0 Å². The van der Waals surface area contributed by atoms with Crippen LogP contribution in [0.4, 0.5) is 0 Å². The van der Waals surface area contributed by atoms with Crippen LogP contribution in [0, 0.1) is 32.1 Å². The van der Waals surface area contributed by atoms with Gasteiger partial charge in [-0.1, -0.05) is 0 Å². The van der Waals surface area contributed by atoms with Gasteiger partial charge in [-0.3, -0.25) is 0 Å². The number of rotatable bonds is 0. The van der Waals surface area contributed by atoms with Gasteiger partial charge in [0.2, 0.25) is 0 Å². The minimum absolute atomic E-state index is 0.927. The molecule has 0 aromatic heterocycles. The maximum atomic E-state index is 8.25. The lowest BCUT2D eigenvalue weighted by atomic mass is 9.65. The van der Waals surface area contributed by atoms with E-state index in [1.807, 2.05) is 0 Å². The Bertz CT molecular complexity index is 188. The molecule has 0 aromatic rings. The maximum Gasteiger partial charge on any atom is 0.0689 e. The Balaban J connectivity index is 0.000000186. The average molecular weight is 231 g/mol. The minimum atomic E-state index is -1.75. The van der Waals surface area contributed by atoms with Gasteiger partial charge in [-0.05, 0) is 49.5 Å². The van der Waals surface area contributed by atoms with Crippen LogP contribution in [0.5, 0.6) is 0 Å². The zero-order valence-corrected chi connectivity index (χ0v) is 9.00. The summed E-state index contributed by atoms with van der Waals surface area (Å²) < 4.78 is 0. The van der Waals surface area contributed by atoms with Gasteiger partial charge in [-0.2, -0.15) is 0 Å². The van der Waals surface area contributed by atoms with Crippen molar-refractivity contribution < 1.29 is 10.7 Å². The van der Waals surface area contributed by atoms with Gasteiger partial charge in [-0.25, -0.2) is 0 Å². The van der Waals surface area contributed by atoms with Gasteiger partial charge in [-0.15, -0.1) is 0 Å². The predicted octanol–water partition coefficient (Wildman–Crippen LogP) is -0.190. The molecule has 0 aromatic carbocycles. The van der Waals surface area contributed by atoms with Crippen LogP contribution >= 0.6 is 0 Å². The van der Waals surface area contributed by atoms with E-state index in [2.05, 4.69) is 10.9 Å². The molecule has 2 aliphatic carbocycles. The highest BCUT2D eigenvalue weighted by Gasteiger charge is 2.41. The summed E-state index contributed by atoms with van der Waals surface area (Å²) in [5.41, 5.74) is 3.25. The molecule has 4 fully saturated rings. The van der Waals surface area contributed by atoms with E-state index in [9.17, 15) is 0 Å². The van der Waals surface area contributed by atoms with Gasteiger partial charge < -0.3 is 20.6 Å². The van der Waals surface area contributed by atoms with Crippen molar-refractivity contribution >= 4 is 0 Å². The molecule has 92 valence electrons. The second-order valence-corrected chi connectivity index (χ2v) is 4.69. The Labute approximate surface area is 93.1 Å². The van der Waals surface area contributed by atoms with Gasteiger partial charge in [0.1, 0.15) is 0 Å². The second-order valence-electron chi connectivity index (χ2n) is 4.69. The zero-order chi connectivity index (χ0) is 12.1. The standard InChI is InChI=1S/C9H15N.NO3.H2NO/c1-6-2-8-4-7(1)5-9(3-6)10-8;2-1(3)4;1-2/h6-10H,1-5H2;;1H2/q;-1;+1. The first-order valence-corrected chi connectivity index (χ1v) is 5.44. The van der Waals surface area contributed by atoms with Gasteiger partial charge in [0.05, 0.1) is 5.09 Å². The predicted molar refractivity (Wildman–Crippen MR) is 56.4 cm³/mol. The second kappa shape index (κ2) is 5.74. The van der Waals surface area contributed by atoms with Crippen molar-refractivity contribution in [3.8, 4) is 0 Å². The summed E-state index contributed by atoms with van der Waals surface area (Å²) in [6.45, 7) is 0. The van der Waals surface area contributed by atoms with Gasteiger partial charge in [0, 0.05) is 17.0 Å². The first kappa shape index (κ1) is 12.8. The molecule has 0 spiro atoms. The van der Waals surface area contributed by atoms with Crippen LogP contribution in [0.1, 0.15) is 32.1 Å². The van der Waals surface area contributed by atoms with Crippen LogP contribution in [0.2, 0.25) is 0 Å². The smallest absolute Gasteiger partial charge is 0.0689 e. The van der Waals surface area contributed by atoms with E-state index < -0.39 is 5.09 Å². The van der Waals surface area contributed by atoms with Crippen molar-refractivity contribution in [3.05, 3.63) is 20.2 Å². The Morgan fingerprint density at radius 3 is 1.50 bits per heavy atom. The molecular weight excluding hydrogens is 214 g/mol. The monoisotopic (exact) mass is 231 g/mol. The van der Waals surface area contributed by atoms with Crippen molar-refractivity contribution in [2.24, 2.45) is 11.8 Å². The van der Waals surface area contributed by atoms with Crippen LogP contribution in [-0.4, -0.2) is 17.2 Å². The van der Waals surface area contributed by atoms with E-state index >= 15 is 0 Å². The highest BCUT2D eigenvalue weighted by molar-refractivity contribution is 4.98. The first-order valence-electron chi connectivity index (χ1n) is 5.44. The Hall–Kier alpha value is -1.24. The number of piperidine rings is 2. The van der Waals surface area contributed by atoms with Gasteiger partial charge in [0.25, 0.3) is 0 Å². The third-order valence-electron chi connectivity index (χ3n) is 3.61. The molecule has 7 heteroatoms. The minimum Gasteiger partial charge on any atom is -0.356 e. The van der Waals surface area contributed by atoms with Crippen LogP contribution in [0.3, 0.4) is 0 Å². The molecule has 0 atom stereocenters. The van der Waals surface area contributed by atoms with Crippen molar-refractivity contribution in [2.45, 2.75) is 44.2 Å². The van der Waals surface area contributed by atoms with Gasteiger partial charge >= 0.3 is 0 Å². The molecule has 0 radical (unpaired) electrons. The number of nitrogens with one attached hydrogen (secondary N) is 1. The third-order valence-corrected chi connectivity index (χ3v) is 3.61. The molecule has 7 nitrogen and oxygen atoms in total. The molecular formula is C9H17N3O4. The van der Waals surface area contributed by atoms with E-state index in [0.29, 0.717) is 0 Å². The fourth-order valence-electron chi connectivity index (χ4n) is 3.46. The van der Waals surface area contributed by atoms with E-state index in [1.54, 1.807) is 6.42 Å². The average Bonchev–Trinajstić information content (AvgIpc) is 2.17. The normalized spacial score (nSPS) is 37.8. The summed E-state index contributed by atoms with van der Waals surface area (Å²) in [4.78, 5) is 16.0. The molecule has 4 rings (SSSR count). The SMILES string of the molecule is C1C2CC3CC1CC(C2)N3.O=[N+]([O-])[O-].[NH2+]=O. The van der Waals surface area contributed by atoms with Crippen molar-refractivity contribution in [2.75, 3.05) is 0 Å². The first-order chi connectivity index (χ1) is 7.63. The maximum absolute atomic E-state index is 8.25. The Morgan fingerprint density at radius 2 is 1.25 bits per heavy atom. The molecule has 3 N–H and O–H groups in total. The number of nitroso groups, excluding NO2 is 1. The van der Waals surface area contributed by atoms with E-state index in [4.69, 9.17) is 20.2 Å². The Kier molecular flexibility index (Phi) is 4.60. The topological polar surface area (TPSA) is 121 Å². The molecule has 2 heterocycles. The Morgan fingerprint density at radius 1 is 0.938 bits per heavy atom. The summed E-state index contributed by atoms with van der Waals surface area (Å²) in [5, 5.41) is 18.5. The largest absolute Gasteiger partial charge is 0.356 e. The van der Waals surface area contributed by atoms with Crippen molar-refractivity contribution in [1.82, 2.24) is 5.32 Å². The number of nitrogens with zero attached hydrogens (tertiary/aromatic N) is 1. The molecule has 0 unspecified atom stereocenters. The molecule has 2 saturated carbocycles. The summed E-state index contributed by atoms with van der Waals surface area (Å²) in [7, 11) is 0. The van der Waals surface area contributed by atoms with Crippen LogP contribution in [-0.2, 0) is 0 Å². The summed E-state index contributed by atoms with van der Waals surface area (Å²) in [5.74, 6) is 2.23. The van der Waals surface area contributed by atoms with E-state index in [0.717, 1.165) is 23.9 Å². The van der Waals surface area contributed by atoms with Crippen molar-refractivity contribution in [1.29, 1.82) is 0 Å². The zero-order valence-electron chi connectivity index (χ0n) is 9.00. The molecule has 4 aliphatic rings. The van der Waals surface area contributed by atoms with Gasteiger partial charge in [0.15, 0.2) is 0 Å². The molecule has 4 bridgehead atoms. The number of nitrogens with two attached hydrogens (primary N) is 1. The third kappa shape index (κ3) is 3.41. The molecule has 16 heavy (non-hydrogen) atoms. The number of hydrogen-bond donors (Lipinski definition) is 2. The summed E-state index contributed by atoms with van der Waals surface area (Å²) >= 11 is 0. The summed E-state index contributed by atoms with van der Waals surface area (Å²) in [6, 6.07) is 1.85. The highest BCUT2D eigenvalue weighted by Crippen LogP contribution is 2.44. The molecule has 2 aliphatic heterocycles. The van der Waals surface area contributed by atoms with E-state index in [1.165, 1.54) is 25.7 Å². The van der Waals surface area contributed by atoms with Crippen LogP contribution in [0.15, 0.2) is 0 Å². The van der Waals surface area contributed by atoms with Crippen molar-refractivity contribution in [3.63, 3.8) is 0 Å². The summed E-state index contributed by atoms with van der Waals surface area (Å²) in [6.07, 6.45) is 7.54. The lowest BCUT2D eigenvalue weighted by Gasteiger charge is -2.50. The number of hydrogen-bond acceptors (Lipinski definition) is 5. The fourth-order valence-corrected chi connectivity index (χ4v) is 3.46. The fraction of sp³-hybridized carbons (Fsp3) is 1.00. The quantitative estimate of drug-likeness (QED) is 0.442. The van der Waals surface area contributed by atoms with Crippen LogP contribution < -0.4 is 10.9 Å². The molecule has 2 saturated heterocycles. The molecule has 0 amide bonds. The lowest BCUT2D eigenvalue weighted by Crippen LogP contribution is -2.55. The highest BCUT2D eigenvalue weighted by atomic mass is 16.9.